The predicted octanol–water partition coefficient (Wildman–Crippen LogP) is 8.46. The van der Waals surface area contributed by atoms with Crippen molar-refractivity contribution < 1.29 is 17.9 Å². The van der Waals surface area contributed by atoms with E-state index in [2.05, 4.69) is 155 Å². The number of rotatable bonds is 6. The van der Waals surface area contributed by atoms with Crippen LogP contribution >= 0.6 is 17.0 Å². The molecule has 1 atom stereocenters. The summed E-state index contributed by atoms with van der Waals surface area (Å²) in [6, 6.07) is 38.8. The Bertz CT molecular complexity index is 2000. The van der Waals surface area contributed by atoms with Crippen molar-refractivity contribution in [2.75, 3.05) is 0 Å². The molecule has 1 aliphatic carbocycles. The molecule has 0 spiro atoms. The Labute approximate surface area is 291 Å². The van der Waals surface area contributed by atoms with Crippen LogP contribution in [0.5, 0.6) is 0 Å². The summed E-state index contributed by atoms with van der Waals surface area (Å²) in [4.78, 5) is 0. The van der Waals surface area contributed by atoms with Gasteiger partial charge in [0, 0.05) is 0 Å². The van der Waals surface area contributed by atoms with E-state index in [0.29, 0.717) is 0 Å². The molecule has 0 saturated heterocycles. The monoisotopic (exact) mass is 766 g/mol. The van der Waals surface area contributed by atoms with Crippen LogP contribution in [0.3, 0.4) is 0 Å². The second kappa shape index (κ2) is 11.8. The first-order valence-corrected chi connectivity index (χ1v) is 33.8. The van der Waals surface area contributed by atoms with Gasteiger partial charge in [-0.3, -0.25) is 0 Å². The summed E-state index contributed by atoms with van der Waals surface area (Å²) in [5.74, 6) is 0. The van der Waals surface area contributed by atoms with E-state index >= 15 is 0 Å². The van der Waals surface area contributed by atoms with Crippen LogP contribution in [0, 0.1) is 0 Å². The fourth-order valence-corrected chi connectivity index (χ4v) is 27.2. The van der Waals surface area contributed by atoms with Crippen LogP contribution in [0.25, 0.3) is 39.5 Å². The van der Waals surface area contributed by atoms with Gasteiger partial charge in [0.05, 0.1) is 0 Å². The van der Waals surface area contributed by atoms with E-state index < -0.39 is 43.5 Å². The third-order valence-electron chi connectivity index (χ3n) is 10.0. The van der Waals surface area contributed by atoms with Crippen molar-refractivity contribution in [2.45, 2.75) is 49.8 Å². The van der Waals surface area contributed by atoms with Crippen molar-refractivity contribution in [1.29, 1.82) is 0 Å². The summed E-state index contributed by atoms with van der Waals surface area (Å²) in [6.45, 7) is 17.1. The Hall–Kier alpha value is -2.05. The molecule has 0 nitrogen and oxygen atoms in total. The number of fused-ring (bicyclic) bond motifs is 4. The summed E-state index contributed by atoms with van der Waals surface area (Å²) in [7, 11) is 12.0. The minimum atomic E-state index is -4.03. The molecule has 0 amide bonds. The first kappa shape index (κ1) is 32.5. The number of hydrogen-bond donors (Lipinski definition) is 0. The van der Waals surface area contributed by atoms with Crippen molar-refractivity contribution in [1.82, 2.24) is 0 Å². The van der Waals surface area contributed by atoms with Crippen LogP contribution in [0.15, 0.2) is 109 Å². The molecule has 6 heteroatoms. The van der Waals surface area contributed by atoms with Gasteiger partial charge < -0.3 is 0 Å². The van der Waals surface area contributed by atoms with Gasteiger partial charge in [0.25, 0.3) is 0 Å². The summed E-state index contributed by atoms with van der Waals surface area (Å²) in [5, 5.41) is 6.05. The van der Waals surface area contributed by atoms with Crippen molar-refractivity contribution in [3.05, 3.63) is 120 Å². The topological polar surface area (TPSA) is 0 Å². The van der Waals surface area contributed by atoms with Crippen molar-refractivity contribution in [3.63, 3.8) is 0 Å². The Morgan fingerprint density at radius 3 is 1.93 bits per heavy atom. The zero-order chi connectivity index (χ0) is 32.6. The van der Waals surface area contributed by atoms with Gasteiger partial charge in [-0.25, -0.2) is 0 Å². The van der Waals surface area contributed by atoms with Gasteiger partial charge in [-0.1, -0.05) is 0 Å². The van der Waals surface area contributed by atoms with Crippen molar-refractivity contribution >= 4 is 72.8 Å². The first-order valence-electron chi connectivity index (χ1n) is 16.4. The summed E-state index contributed by atoms with van der Waals surface area (Å²) in [6.07, 6.45) is 2.43. The number of allylic oxidation sites excluding steroid dienone is 1. The van der Waals surface area contributed by atoms with Crippen molar-refractivity contribution in [2.24, 2.45) is 0 Å². The maximum absolute atomic E-state index is 7.91. The molecular formula is C40H42Cl2Si3Zr. The summed E-state index contributed by atoms with van der Waals surface area (Å²) in [5.41, 5.74) is 11.9. The molecule has 0 aromatic heterocycles. The molecule has 5 aromatic carbocycles. The predicted molar refractivity (Wildman–Crippen MR) is 211 cm³/mol. The van der Waals surface area contributed by atoms with E-state index in [-0.39, 0.29) is 3.63 Å². The quantitative estimate of drug-likeness (QED) is 0.149. The van der Waals surface area contributed by atoms with Gasteiger partial charge in [-0.15, -0.1) is 0 Å². The molecule has 0 bridgehead atoms. The zero-order valence-electron chi connectivity index (χ0n) is 27.9. The van der Waals surface area contributed by atoms with E-state index in [9.17, 15) is 0 Å². The molecule has 1 heterocycles. The number of benzene rings is 5. The average Bonchev–Trinajstić information content (AvgIpc) is 3.57. The fourth-order valence-electron chi connectivity index (χ4n) is 7.51. The Kier molecular flexibility index (Phi) is 8.36. The van der Waals surface area contributed by atoms with Crippen LogP contribution in [-0.2, 0) is 17.9 Å². The van der Waals surface area contributed by atoms with Crippen LogP contribution in [0.4, 0.5) is 0 Å². The second-order valence-corrected chi connectivity index (χ2v) is 41.2. The average molecular weight is 769 g/mol. The Morgan fingerprint density at radius 2 is 1.26 bits per heavy atom. The van der Waals surface area contributed by atoms with Crippen LogP contribution in [0.1, 0.15) is 21.7 Å². The molecule has 0 saturated carbocycles. The van der Waals surface area contributed by atoms with Crippen LogP contribution < -0.4 is 24.0 Å². The van der Waals surface area contributed by atoms with Gasteiger partial charge in [-0.05, 0) is 0 Å². The molecule has 5 aromatic rings. The minimum absolute atomic E-state index is 0.0667. The molecule has 2 aliphatic rings. The van der Waals surface area contributed by atoms with E-state index in [0.717, 1.165) is 0 Å². The van der Waals surface area contributed by atoms with Gasteiger partial charge in [-0.2, -0.15) is 0 Å². The van der Waals surface area contributed by atoms with E-state index in [1.165, 1.54) is 74.1 Å². The maximum atomic E-state index is 7.91. The summed E-state index contributed by atoms with van der Waals surface area (Å²) < 4.78 is 1.36. The number of hydrogen-bond acceptors (Lipinski definition) is 0. The van der Waals surface area contributed by atoms with E-state index in [1.54, 1.807) is 0 Å². The molecule has 46 heavy (non-hydrogen) atoms. The van der Waals surface area contributed by atoms with E-state index in [1.807, 2.05) is 0 Å². The van der Waals surface area contributed by atoms with E-state index in [4.69, 9.17) is 17.0 Å². The Morgan fingerprint density at radius 1 is 0.630 bits per heavy atom. The van der Waals surface area contributed by atoms with Crippen LogP contribution in [0.2, 0.25) is 39.3 Å². The van der Waals surface area contributed by atoms with Gasteiger partial charge in [0.1, 0.15) is 0 Å². The molecule has 1 aliphatic heterocycles. The van der Waals surface area contributed by atoms with Crippen molar-refractivity contribution in [3.8, 4) is 33.4 Å². The molecule has 1 unspecified atom stereocenters. The summed E-state index contributed by atoms with van der Waals surface area (Å²) >= 11 is -4.03. The molecule has 7 rings (SSSR count). The Balaban J connectivity index is 1.45. The van der Waals surface area contributed by atoms with Gasteiger partial charge in [0.2, 0.25) is 0 Å². The molecule has 0 fully saturated rings. The first-order chi connectivity index (χ1) is 21.7. The molecule has 232 valence electrons. The standard InChI is InChI=1S/C28H33Si2.C12H9Si.2ClH.Zr/c1-20-15-22-13-14-26(21-11-9-8-10-12-21)28(27(22)16-20)23-17-24(29(2,3)4)19-25(18-23)30(5,6)7;1-3-7-11-9(5-1)10-6-2-4-8-12(10)13-11;;;/h8-19H,1-7H3;1-7H,13H2;2*1H;/q;;;;+2/p-2. The second-order valence-electron chi connectivity index (χ2n) is 15.3. The molecule has 0 N–H and O–H groups in total. The normalized spacial score (nSPS) is 16.3. The molecular weight excluding hydrogens is 727 g/mol. The van der Waals surface area contributed by atoms with Gasteiger partial charge in [0.15, 0.2) is 0 Å². The third kappa shape index (κ3) is 5.61. The number of halogens is 2. The third-order valence-corrected chi connectivity index (χ3v) is 28.6. The van der Waals surface area contributed by atoms with Crippen LogP contribution in [-0.4, -0.2) is 25.7 Å². The zero-order valence-corrected chi connectivity index (χ0v) is 35.3. The SMILES string of the molecule is CC1=Cc2c(ccc(-c3ccccc3)c2-c2cc([Si](C)(C)C)cc([Si](C)(C)C)c2)[CH]1[Zr]([Cl])([Cl])[c]1cccc2c1[SiH2]c1ccccc1-2. The van der Waals surface area contributed by atoms with Gasteiger partial charge >= 0.3 is 294 Å². The molecule has 0 radical (unpaired) electrons. The fraction of sp³-hybridized carbons (Fsp3) is 0.200.